The second-order valence-corrected chi connectivity index (χ2v) is 5.36. The SMILES string of the molecule is COC(CCCN(C)C)OC(CCCN(C)C)OC. The fourth-order valence-corrected chi connectivity index (χ4v) is 1.80. The lowest BCUT2D eigenvalue weighted by Crippen LogP contribution is -2.27. The van der Waals surface area contributed by atoms with E-state index in [1.807, 2.05) is 0 Å². The molecule has 0 aromatic rings. The van der Waals surface area contributed by atoms with Gasteiger partial charge < -0.3 is 24.0 Å². The highest BCUT2D eigenvalue weighted by Crippen LogP contribution is 2.12. The summed E-state index contributed by atoms with van der Waals surface area (Å²) >= 11 is 0. The highest BCUT2D eigenvalue weighted by molar-refractivity contribution is 4.54. The third kappa shape index (κ3) is 11.3. The van der Waals surface area contributed by atoms with Crippen LogP contribution in [0.2, 0.25) is 0 Å². The van der Waals surface area contributed by atoms with Crippen molar-refractivity contribution < 1.29 is 14.2 Å². The maximum atomic E-state index is 5.83. The molecule has 0 spiro atoms. The van der Waals surface area contributed by atoms with Crippen LogP contribution in [0.3, 0.4) is 0 Å². The van der Waals surface area contributed by atoms with E-state index in [4.69, 9.17) is 14.2 Å². The van der Waals surface area contributed by atoms with Crippen molar-refractivity contribution in [2.45, 2.75) is 38.3 Å². The van der Waals surface area contributed by atoms with E-state index in [2.05, 4.69) is 38.0 Å². The smallest absolute Gasteiger partial charge is 0.160 e. The Balaban J connectivity index is 3.88. The minimum atomic E-state index is -0.177. The molecule has 5 heteroatoms. The van der Waals surface area contributed by atoms with Gasteiger partial charge >= 0.3 is 0 Å². The van der Waals surface area contributed by atoms with Gasteiger partial charge in [0, 0.05) is 14.2 Å². The number of nitrogens with zero attached hydrogens (tertiary/aromatic N) is 2. The summed E-state index contributed by atoms with van der Waals surface area (Å²) in [6, 6.07) is 0. The Morgan fingerprint density at radius 3 is 1.37 bits per heavy atom. The maximum absolute atomic E-state index is 5.83. The number of ether oxygens (including phenoxy) is 3. The Hall–Kier alpha value is -0.200. The fraction of sp³-hybridized carbons (Fsp3) is 1.00. The number of hydrogen-bond acceptors (Lipinski definition) is 5. The van der Waals surface area contributed by atoms with Crippen LogP contribution in [0.15, 0.2) is 0 Å². The van der Waals surface area contributed by atoms with E-state index >= 15 is 0 Å². The van der Waals surface area contributed by atoms with Crippen LogP contribution in [0.25, 0.3) is 0 Å². The van der Waals surface area contributed by atoms with Gasteiger partial charge in [-0.1, -0.05) is 0 Å². The first kappa shape index (κ1) is 18.8. The minimum absolute atomic E-state index is 0.177. The van der Waals surface area contributed by atoms with Gasteiger partial charge in [-0.2, -0.15) is 0 Å². The lowest BCUT2D eigenvalue weighted by Gasteiger charge is -2.23. The van der Waals surface area contributed by atoms with E-state index in [1.165, 1.54) is 0 Å². The first-order chi connectivity index (χ1) is 8.99. The largest absolute Gasteiger partial charge is 0.356 e. The second-order valence-electron chi connectivity index (χ2n) is 5.36. The van der Waals surface area contributed by atoms with E-state index in [1.54, 1.807) is 14.2 Å². The Labute approximate surface area is 118 Å². The van der Waals surface area contributed by atoms with E-state index in [9.17, 15) is 0 Å². The zero-order chi connectivity index (χ0) is 14.7. The monoisotopic (exact) mass is 276 g/mol. The highest BCUT2D eigenvalue weighted by atomic mass is 16.8. The van der Waals surface area contributed by atoms with Crippen molar-refractivity contribution in [1.82, 2.24) is 9.80 Å². The molecule has 19 heavy (non-hydrogen) atoms. The van der Waals surface area contributed by atoms with Gasteiger partial charge in [0.2, 0.25) is 0 Å². The van der Waals surface area contributed by atoms with Gasteiger partial charge in [-0.15, -0.1) is 0 Å². The van der Waals surface area contributed by atoms with Gasteiger partial charge in [-0.05, 0) is 67.0 Å². The Bertz CT molecular complexity index is 181. The molecule has 116 valence electrons. The van der Waals surface area contributed by atoms with Crippen LogP contribution in [0.4, 0.5) is 0 Å². The van der Waals surface area contributed by atoms with Crippen molar-refractivity contribution in [1.29, 1.82) is 0 Å². The average Bonchev–Trinajstić information content (AvgIpc) is 2.34. The second kappa shape index (κ2) is 11.6. The van der Waals surface area contributed by atoms with Crippen molar-refractivity contribution in [3.8, 4) is 0 Å². The summed E-state index contributed by atoms with van der Waals surface area (Å²) in [5, 5.41) is 0. The quantitative estimate of drug-likeness (QED) is 0.506. The Kier molecular flexibility index (Phi) is 11.5. The molecule has 0 aliphatic heterocycles. The molecule has 0 rings (SSSR count). The van der Waals surface area contributed by atoms with Crippen LogP contribution in [0.5, 0.6) is 0 Å². The number of rotatable bonds is 12. The van der Waals surface area contributed by atoms with Gasteiger partial charge in [-0.3, -0.25) is 0 Å². The van der Waals surface area contributed by atoms with Gasteiger partial charge in [0.25, 0.3) is 0 Å². The summed E-state index contributed by atoms with van der Waals surface area (Å²) in [4.78, 5) is 4.33. The van der Waals surface area contributed by atoms with Crippen molar-refractivity contribution in [3.05, 3.63) is 0 Å². The third-order valence-electron chi connectivity index (χ3n) is 2.92. The van der Waals surface area contributed by atoms with Crippen LogP contribution in [0.1, 0.15) is 25.7 Å². The van der Waals surface area contributed by atoms with Crippen molar-refractivity contribution >= 4 is 0 Å². The molecule has 0 heterocycles. The Morgan fingerprint density at radius 1 is 0.737 bits per heavy atom. The summed E-state index contributed by atoms with van der Waals surface area (Å²) in [6.07, 6.45) is 3.54. The maximum Gasteiger partial charge on any atom is 0.160 e. The molecule has 2 unspecified atom stereocenters. The molecule has 0 N–H and O–H groups in total. The molecule has 0 aromatic carbocycles. The molecule has 0 aliphatic rings. The predicted octanol–water partition coefficient (Wildman–Crippen LogP) is 1.63. The summed E-state index contributed by atoms with van der Waals surface area (Å²) in [5.74, 6) is 0. The molecule has 2 atom stereocenters. The van der Waals surface area contributed by atoms with Crippen LogP contribution < -0.4 is 0 Å². The number of hydrogen-bond donors (Lipinski definition) is 0. The first-order valence-corrected chi connectivity index (χ1v) is 7.00. The minimum Gasteiger partial charge on any atom is -0.356 e. The van der Waals surface area contributed by atoms with E-state index in [0.717, 1.165) is 38.8 Å². The molecule has 0 amide bonds. The highest BCUT2D eigenvalue weighted by Gasteiger charge is 2.15. The lowest BCUT2D eigenvalue weighted by molar-refractivity contribution is -0.233. The topological polar surface area (TPSA) is 34.2 Å². The number of methoxy groups -OCH3 is 2. The molecule has 0 aliphatic carbocycles. The predicted molar refractivity (Wildman–Crippen MR) is 78.3 cm³/mol. The van der Waals surface area contributed by atoms with E-state index in [-0.39, 0.29) is 12.6 Å². The van der Waals surface area contributed by atoms with E-state index < -0.39 is 0 Å². The van der Waals surface area contributed by atoms with E-state index in [0.29, 0.717) is 0 Å². The van der Waals surface area contributed by atoms with Gasteiger partial charge in [0.1, 0.15) is 0 Å². The van der Waals surface area contributed by atoms with Gasteiger partial charge in [0.15, 0.2) is 12.6 Å². The van der Waals surface area contributed by atoms with Gasteiger partial charge in [-0.25, -0.2) is 0 Å². The van der Waals surface area contributed by atoms with Crippen molar-refractivity contribution in [2.24, 2.45) is 0 Å². The van der Waals surface area contributed by atoms with Crippen LogP contribution in [0, 0.1) is 0 Å². The Morgan fingerprint density at radius 2 is 1.11 bits per heavy atom. The molecule has 0 saturated carbocycles. The molecule has 0 bridgehead atoms. The average molecular weight is 276 g/mol. The van der Waals surface area contributed by atoms with Crippen LogP contribution >= 0.6 is 0 Å². The van der Waals surface area contributed by atoms with Crippen LogP contribution in [-0.4, -0.2) is 77.9 Å². The third-order valence-corrected chi connectivity index (χ3v) is 2.92. The summed E-state index contributed by atoms with van der Waals surface area (Å²) in [7, 11) is 11.7. The van der Waals surface area contributed by atoms with Crippen molar-refractivity contribution in [3.63, 3.8) is 0 Å². The molecule has 0 saturated heterocycles. The molecular weight excluding hydrogens is 244 g/mol. The summed E-state index contributed by atoms with van der Waals surface area (Å²) in [6.45, 7) is 2.09. The standard InChI is InChI=1S/C14H32N2O3/c1-15(2)11-7-9-13(17-5)19-14(18-6)10-8-12-16(3)4/h13-14H,7-12H2,1-6H3. The molecular formula is C14H32N2O3. The zero-order valence-corrected chi connectivity index (χ0v) is 13.5. The zero-order valence-electron chi connectivity index (χ0n) is 13.5. The molecule has 0 fully saturated rings. The lowest BCUT2D eigenvalue weighted by atomic mass is 10.2. The van der Waals surface area contributed by atoms with Crippen LogP contribution in [-0.2, 0) is 14.2 Å². The van der Waals surface area contributed by atoms with Crippen molar-refractivity contribution in [2.75, 3.05) is 55.5 Å². The fourth-order valence-electron chi connectivity index (χ4n) is 1.80. The summed E-state index contributed by atoms with van der Waals surface area (Å²) < 4.78 is 16.6. The summed E-state index contributed by atoms with van der Waals surface area (Å²) in [5.41, 5.74) is 0. The molecule has 5 nitrogen and oxygen atoms in total. The molecule has 0 radical (unpaired) electrons. The first-order valence-electron chi connectivity index (χ1n) is 7.00. The normalized spacial score (nSPS) is 15.2. The van der Waals surface area contributed by atoms with Gasteiger partial charge in [0.05, 0.1) is 0 Å². The molecule has 0 aromatic heterocycles.